The van der Waals surface area contributed by atoms with Crippen LogP contribution in [0.3, 0.4) is 0 Å². The predicted octanol–water partition coefficient (Wildman–Crippen LogP) is 4.61. The zero-order chi connectivity index (χ0) is 21.8. The summed E-state index contributed by atoms with van der Waals surface area (Å²) in [6, 6.07) is 20.6. The Labute approximate surface area is 188 Å². The van der Waals surface area contributed by atoms with Crippen molar-refractivity contribution in [2.45, 2.75) is 13.0 Å². The van der Waals surface area contributed by atoms with Crippen molar-refractivity contribution < 1.29 is 9.53 Å². The molecule has 32 heavy (non-hydrogen) atoms. The van der Waals surface area contributed by atoms with Gasteiger partial charge in [-0.15, -0.1) is 21.5 Å². The number of hydrogen-bond acceptors (Lipinski definition) is 6. The molecule has 5 rings (SSSR count). The van der Waals surface area contributed by atoms with Crippen LogP contribution in [0.1, 0.15) is 27.4 Å². The molecular weight excluding hydrogens is 422 g/mol. The van der Waals surface area contributed by atoms with E-state index in [1.54, 1.807) is 29.8 Å². The van der Waals surface area contributed by atoms with E-state index in [-0.39, 0.29) is 5.91 Å². The van der Waals surface area contributed by atoms with Gasteiger partial charge in [-0.1, -0.05) is 18.2 Å². The molecule has 158 valence electrons. The van der Waals surface area contributed by atoms with Crippen molar-refractivity contribution in [3.05, 3.63) is 106 Å². The fraction of sp³-hybridized carbons (Fsp3) is 0.0833. The van der Waals surface area contributed by atoms with Crippen molar-refractivity contribution >= 4 is 28.6 Å². The lowest BCUT2D eigenvalue weighted by Gasteiger charge is -2.08. The zero-order valence-electron chi connectivity index (χ0n) is 17.0. The average Bonchev–Trinajstić information content (AvgIpc) is 3.50. The second-order valence-electron chi connectivity index (χ2n) is 7.17. The van der Waals surface area contributed by atoms with Gasteiger partial charge in [-0.05, 0) is 54.1 Å². The first kappa shape index (κ1) is 19.9. The minimum absolute atomic E-state index is 0.174. The number of hydrogen-bond donors (Lipinski definition) is 1. The van der Waals surface area contributed by atoms with Gasteiger partial charge in [0.1, 0.15) is 18.2 Å². The van der Waals surface area contributed by atoms with Crippen LogP contribution in [0, 0.1) is 0 Å². The quantitative estimate of drug-likeness (QED) is 0.399. The van der Waals surface area contributed by atoms with E-state index in [2.05, 4.69) is 20.5 Å². The van der Waals surface area contributed by atoms with Crippen LogP contribution < -0.4 is 10.1 Å². The fourth-order valence-corrected chi connectivity index (χ4v) is 3.81. The summed E-state index contributed by atoms with van der Waals surface area (Å²) in [6.07, 6.45) is 2.61. The molecule has 0 bridgehead atoms. The largest absolute Gasteiger partial charge is 0.487 e. The minimum atomic E-state index is -0.174. The van der Waals surface area contributed by atoms with Crippen LogP contribution in [0.25, 0.3) is 5.65 Å². The number of nitrogens with one attached hydrogen (secondary N) is 1. The highest BCUT2D eigenvalue weighted by Crippen LogP contribution is 2.17. The van der Waals surface area contributed by atoms with Crippen LogP contribution in [0.2, 0.25) is 0 Å². The van der Waals surface area contributed by atoms with E-state index in [1.807, 2.05) is 58.4 Å². The highest BCUT2D eigenvalue weighted by molar-refractivity contribution is 7.07. The van der Waals surface area contributed by atoms with Gasteiger partial charge in [0.15, 0.2) is 5.65 Å². The van der Waals surface area contributed by atoms with E-state index in [9.17, 15) is 4.79 Å². The lowest BCUT2D eigenvalue weighted by Crippen LogP contribution is -2.11. The number of amides is 1. The molecule has 0 saturated heterocycles. The maximum absolute atomic E-state index is 12.6. The van der Waals surface area contributed by atoms with Crippen LogP contribution >= 0.6 is 11.3 Å². The second-order valence-corrected chi connectivity index (χ2v) is 7.88. The Balaban J connectivity index is 1.19. The molecule has 0 aliphatic heterocycles. The van der Waals surface area contributed by atoms with Crippen LogP contribution in [0.15, 0.2) is 83.8 Å². The number of rotatable bonds is 7. The number of carbonyl (C=O) groups excluding carboxylic acids is 1. The second kappa shape index (κ2) is 8.99. The highest BCUT2D eigenvalue weighted by atomic mass is 32.1. The third kappa shape index (κ3) is 4.50. The maximum Gasteiger partial charge on any atom is 0.255 e. The number of anilines is 1. The highest BCUT2D eigenvalue weighted by Gasteiger charge is 2.09. The summed E-state index contributed by atoms with van der Waals surface area (Å²) in [5.74, 6) is 1.39. The number of thiazole rings is 1. The molecule has 0 saturated carbocycles. The first-order valence-corrected chi connectivity index (χ1v) is 11.0. The summed E-state index contributed by atoms with van der Waals surface area (Å²) >= 11 is 1.53. The number of benzene rings is 2. The van der Waals surface area contributed by atoms with E-state index in [1.165, 1.54) is 11.3 Å². The Kier molecular flexibility index (Phi) is 5.59. The molecule has 8 heteroatoms. The molecule has 0 fully saturated rings. The van der Waals surface area contributed by atoms with Crippen molar-refractivity contribution in [2.24, 2.45) is 0 Å². The topological polar surface area (TPSA) is 81.4 Å². The van der Waals surface area contributed by atoms with Gasteiger partial charge in [-0.3, -0.25) is 9.20 Å². The van der Waals surface area contributed by atoms with E-state index in [4.69, 9.17) is 4.74 Å². The smallest absolute Gasteiger partial charge is 0.255 e. The van der Waals surface area contributed by atoms with Gasteiger partial charge < -0.3 is 10.1 Å². The molecule has 0 spiro atoms. The summed E-state index contributed by atoms with van der Waals surface area (Å²) in [6.45, 7) is 0.409. The van der Waals surface area contributed by atoms with Crippen LogP contribution in [0.4, 0.5) is 5.69 Å². The first-order chi connectivity index (χ1) is 15.7. The Hall–Kier alpha value is -4.04. The van der Waals surface area contributed by atoms with E-state index in [0.29, 0.717) is 24.3 Å². The van der Waals surface area contributed by atoms with E-state index in [0.717, 1.165) is 28.4 Å². The number of fused-ring (bicyclic) bond motifs is 1. The summed E-state index contributed by atoms with van der Waals surface area (Å²) in [5.41, 5.74) is 5.86. The van der Waals surface area contributed by atoms with Gasteiger partial charge in [0, 0.05) is 29.2 Å². The third-order valence-corrected chi connectivity index (χ3v) is 5.58. The lowest BCUT2D eigenvalue weighted by molar-refractivity contribution is 0.102. The van der Waals surface area contributed by atoms with Gasteiger partial charge in [0.05, 0.1) is 11.2 Å². The summed E-state index contributed by atoms with van der Waals surface area (Å²) in [5, 5.41) is 13.3. The van der Waals surface area contributed by atoms with Gasteiger partial charge in [0.2, 0.25) is 0 Å². The third-order valence-electron chi connectivity index (χ3n) is 4.95. The zero-order valence-corrected chi connectivity index (χ0v) is 17.8. The van der Waals surface area contributed by atoms with Crippen LogP contribution in [0.5, 0.6) is 5.75 Å². The van der Waals surface area contributed by atoms with E-state index >= 15 is 0 Å². The molecule has 3 heterocycles. The van der Waals surface area contributed by atoms with Crippen molar-refractivity contribution in [1.29, 1.82) is 0 Å². The normalized spacial score (nSPS) is 10.9. The number of pyridine rings is 1. The molecule has 0 atom stereocenters. The Bertz CT molecular complexity index is 1330. The molecule has 0 radical (unpaired) electrons. The van der Waals surface area contributed by atoms with Gasteiger partial charge >= 0.3 is 0 Å². The minimum Gasteiger partial charge on any atom is -0.487 e. The molecule has 0 aliphatic carbocycles. The molecule has 2 aromatic carbocycles. The van der Waals surface area contributed by atoms with Crippen molar-refractivity contribution in [3.63, 3.8) is 0 Å². The Morgan fingerprint density at radius 3 is 2.62 bits per heavy atom. The first-order valence-electron chi connectivity index (χ1n) is 10.0. The molecule has 7 nitrogen and oxygen atoms in total. The van der Waals surface area contributed by atoms with Crippen molar-refractivity contribution in [1.82, 2.24) is 19.6 Å². The predicted molar refractivity (Wildman–Crippen MR) is 123 cm³/mol. The molecule has 0 aliphatic rings. The fourth-order valence-electron chi connectivity index (χ4n) is 3.27. The lowest BCUT2D eigenvalue weighted by atomic mass is 10.1. The number of ether oxygens (including phenoxy) is 1. The molecule has 0 unspecified atom stereocenters. The van der Waals surface area contributed by atoms with Crippen LogP contribution in [-0.2, 0) is 13.0 Å². The Morgan fingerprint density at radius 2 is 1.84 bits per heavy atom. The van der Waals surface area contributed by atoms with Crippen molar-refractivity contribution in [2.75, 3.05) is 5.32 Å². The monoisotopic (exact) mass is 441 g/mol. The molecular formula is C24H19N5O2S. The number of carbonyl (C=O) groups is 1. The number of nitrogens with zero attached hydrogens (tertiary/aromatic N) is 4. The van der Waals surface area contributed by atoms with E-state index < -0.39 is 0 Å². The SMILES string of the molecule is O=C(Nc1ccc(Cc2nnc3ccccn23)cc1)c1ccc(OCc2cscn2)cc1. The summed E-state index contributed by atoms with van der Waals surface area (Å²) in [4.78, 5) is 16.8. The number of aromatic nitrogens is 4. The molecule has 1 amide bonds. The van der Waals surface area contributed by atoms with Crippen LogP contribution in [-0.4, -0.2) is 25.5 Å². The molecule has 1 N–H and O–H groups in total. The standard InChI is InChI=1S/C24H19N5O2S/c30-24(18-6-10-21(11-7-18)31-14-20-15-32-16-25-20)26-19-8-4-17(5-9-19)13-23-28-27-22-3-1-2-12-29(22)23/h1-12,15-16H,13-14H2,(H,26,30). The van der Waals surface area contributed by atoms with Gasteiger partial charge in [0.25, 0.3) is 5.91 Å². The molecule has 5 aromatic rings. The van der Waals surface area contributed by atoms with Crippen molar-refractivity contribution in [3.8, 4) is 5.75 Å². The summed E-state index contributed by atoms with van der Waals surface area (Å²) < 4.78 is 7.66. The Morgan fingerprint density at radius 1 is 1.00 bits per heavy atom. The summed E-state index contributed by atoms with van der Waals surface area (Å²) in [7, 11) is 0. The maximum atomic E-state index is 12.6. The average molecular weight is 442 g/mol. The van der Waals surface area contributed by atoms with Gasteiger partial charge in [-0.25, -0.2) is 4.98 Å². The molecule has 3 aromatic heterocycles. The van der Waals surface area contributed by atoms with Gasteiger partial charge in [-0.2, -0.15) is 0 Å².